The highest BCUT2D eigenvalue weighted by atomic mass is 16.6. The first-order chi connectivity index (χ1) is 25.3. The van der Waals surface area contributed by atoms with Crippen LogP contribution in [0.3, 0.4) is 0 Å². The van der Waals surface area contributed by atoms with E-state index in [-0.39, 0.29) is 17.2 Å². The van der Waals surface area contributed by atoms with E-state index in [1.807, 2.05) is 112 Å². The summed E-state index contributed by atoms with van der Waals surface area (Å²) in [6.07, 6.45) is 4.51. The van der Waals surface area contributed by atoms with Gasteiger partial charge in [-0.05, 0) is 104 Å². The molecule has 0 unspecified atom stereocenters. The second kappa shape index (κ2) is 15.2. The van der Waals surface area contributed by atoms with Gasteiger partial charge in [0.2, 0.25) is 0 Å². The van der Waals surface area contributed by atoms with Crippen molar-refractivity contribution in [3.05, 3.63) is 128 Å². The molecule has 4 heterocycles. The topological polar surface area (TPSA) is 147 Å². The van der Waals surface area contributed by atoms with Crippen LogP contribution in [0.15, 0.2) is 94.8 Å². The molecule has 0 spiro atoms. The number of hydrogen-bond donors (Lipinski definition) is 2. The zero-order chi connectivity index (χ0) is 37.9. The van der Waals surface area contributed by atoms with Gasteiger partial charge in [-0.3, -0.25) is 9.59 Å². The number of pyridine rings is 2. The molecule has 1 amide bonds. The van der Waals surface area contributed by atoms with E-state index in [1.54, 1.807) is 4.90 Å². The maximum atomic E-state index is 13.2. The summed E-state index contributed by atoms with van der Waals surface area (Å²) in [7, 11) is 0. The molecule has 1 aliphatic heterocycles. The summed E-state index contributed by atoms with van der Waals surface area (Å²) in [5, 5.41) is 0. The van der Waals surface area contributed by atoms with Crippen molar-refractivity contribution in [2.45, 2.75) is 53.1 Å². The van der Waals surface area contributed by atoms with Crippen LogP contribution in [0.2, 0.25) is 0 Å². The van der Waals surface area contributed by atoms with E-state index in [0.29, 0.717) is 61.5 Å². The maximum Gasteiger partial charge on any atom is 0.410 e. The third-order valence-electron chi connectivity index (χ3n) is 9.14. The number of ether oxygens (including phenoxy) is 2. The molecular weight excluding hydrogens is 674 g/mol. The second-order valence-electron chi connectivity index (χ2n) is 13.8. The Morgan fingerprint density at radius 3 is 1.57 bits per heavy atom. The molecule has 12 heteroatoms. The molecule has 0 aliphatic carbocycles. The highest BCUT2D eigenvalue weighted by molar-refractivity contribution is 6.02. The molecule has 5 aromatic rings. The first kappa shape index (κ1) is 36.6. The summed E-state index contributed by atoms with van der Waals surface area (Å²) in [6.45, 7) is 11.7. The van der Waals surface area contributed by atoms with Crippen LogP contribution >= 0.6 is 0 Å². The number of carbonyl (C=O) groups excluding carboxylic acids is 3. The van der Waals surface area contributed by atoms with Crippen LogP contribution in [0.1, 0.15) is 66.5 Å². The van der Waals surface area contributed by atoms with Crippen LogP contribution in [-0.4, -0.2) is 69.2 Å². The number of benzene rings is 2. The maximum absolute atomic E-state index is 13.2. The van der Waals surface area contributed by atoms with Crippen molar-refractivity contribution in [2.75, 3.05) is 31.1 Å². The number of amides is 1. The summed E-state index contributed by atoms with van der Waals surface area (Å²) in [5.74, 6) is -2.30. The molecule has 6 rings (SSSR count). The molecule has 2 N–H and O–H groups in total. The largest absolute Gasteiger partial charge is 0.444 e. The third-order valence-corrected chi connectivity index (χ3v) is 9.14. The standard InChI is InChI=1S/C41H43N5O7/c1-6-26-24-32(36(47)42-34(26)28-10-14-30(15-11-28)44-18-8-9-19-44)38(49)52-39(50)33-25-27(7-2)35(43-37(33)48)29-12-16-31(17-13-29)45-20-22-46(23-21-45)40(51)53-41(3,4)5/h8-19,24-25H,6-7,20-23H2,1-5H3,(H,42,47)(H,43,48). The van der Waals surface area contributed by atoms with Crippen molar-refractivity contribution in [1.82, 2.24) is 19.4 Å². The van der Waals surface area contributed by atoms with Gasteiger partial charge in [0, 0.05) is 49.9 Å². The van der Waals surface area contributed by atoms with Gasteiger partial charge < -0.3 is 33.8 Å². The molecule has 0 radical (unpaired) electrons. The average molecular weight is 718 g/mol. The molecule has 0 atom stereocenters. The Bertz CT molecular complexity index is 2240. The average Bonchev–Trinajstić information content (AvgIpc) is 3.69. The second-order valence-corrected chi connectivity index (χ2v) is 13.8. The van der Waals surface area contributed by atoms with E-state index in [4.69, 9.17) is 9.47 Å². The molecule has 53 heavy (non-hydrogen) atoms. The van der Waals surface area contributed by atoms with Gasteiger partial charge in [0.05, 0.1) is 11.4 Å². The van der Waals surface area contributed by atoms with Gasteiger partial charge in [-0.1, -0.05) is 38.1 Å². The summed E-state index contributed by atoms with van der Waals surface area (Å²) in [4.78, 5) is 74.6. The molecular formula is C41H43N5O7. The van der Waals surface area contributed by atoms with E-state index in [0.717, 1.165) is 22.5 Å². The molecule has 274 valence electrons. The Labute approximate surface area is 307 Å². The lowest BCUT2D eigenvalue weighted by molar-refractivity contribution is 0.0239. The fourth-order valence-corrected chi connectivity index (χ4v) is 6.34. The molecule has 1 saturated heterocycles. The number of aromatic amines is 2. The molecule has 0 saturated carbocycles. The minimum Gasteiger partial charge on any atom is -0.444 e. The first-order valence-electron chi connectivity index (χ1n) is 17.7. The number of hydrogen-bond acceptors (Lipinski definition) is 8. The number of nitrogens with zero attached hydrogens (tertiary/aromatic N) is 3. The van der Waals surface area contributed by atoms with Crippen LogP contribution in [0.5, 0.6) is 0 Å². The third kappa shape index (κ3) is 8.17. The first-order valence-corrected chi connectivity index (χ1v) is 17.7. The lowest BCUT2D eigenvalue weighted by Gasteiger charge is -2.36. The van der Waals surface area contributed by atoms with Crippen LogP contribution < -0.4 is 16.0 Å². The summed E-state index contributed by atoms with van der Waals surface area (Å²) < 4.78 is 12.6. The number of piperazine rings is 1. The van der Waals surface area contributed by atoms with E-state index in [2.05, 4.69) is 14.9 Å². The van der Waals surface area contributed by atoms with E-state index < -0.39 is 28.7 Å². The van der Waals surface area contributed by atoms with Gasteiger partial charge in [-0.25, -0.2) is 14.4 Å². The van der Waals surface area contributed by atoms with Crippen molar-refractivity contribution in [3.8, 4) is 28.2 Å². The molecule has 0 bridgehead atoms. The summed E-state index contributed by atoms with van der Waals surface area (Å²) in [6, 6.07) is 22.0. The van der Waals surface area contributed by atoms with E-state index >= 15 is 0 Å². The minimum absolute atomic E-state index is 0.319. The van der Waals surface area contributed by atoms with Gasteiger partial charge in [0.15, 0.2) is 0 Å². The SMILES string of the molecule is CCc1cc(C(=O)OC(=O)c2cc(CC)c(-c3ccc(-n4cccc4)cc3)[nH]c2=O)c(=O)[nH]c1-c1ccc(N2CCN(C(=O)OC(C)(C)C)CC2)cc1. The predicted octanol–water partition coefficient (Wildman–Crippen LogP) is 6.37. The van der Waals surface area contributed by atoms with Crippen LogP contribution in [0, 0.1) is 0 Å². The lowest BCUT2D eigenvalue weighted by atomic mass is 10.0. The van der Waals surface area contributed by atoms with Gasteiger partial charge >= 0.3 is 18.0 Å². The molecule has 1 fully saturated rings. The van der Waals surface area contributed by atoms with Gasteiger partial charge in [0.25, 0.3) is 11.1 Å². The number of aromatic nitrogens is 3. The number of rotatable bonds is 8. The van der Waals surface area contributed by atoms with Crippen molar-refractivity contribution in [3.63, 3.8) is 0 Å². The summed E-state index contributed by atoms with van der Waals surface area (Å²) >= 11 is 0. The van der Waals surface area contributed by atoms with Crippen LogP contribution in [-0.2, 0) is 22.3 Å². The Morgan fingerprint density at radius 2 is 1.13 bits per heavy atom. The van der Waals surface area contributed by atoms with E-state index in [1.165, 1.54) is 12.1 Å². The zero-order valence-electron chi connectivity index (χ0n) is 30.5. The Hall–Kier alpha value is -6.17. The molecule has 12 nitrogen and oxygen atoms in total. The molecule has 3 aromatic heterocycles. The summed E-state index contributed by atoms with van der Waals surface area (Å²) in [5.41, 5.74) is 3.22. The van der Waals surface area contributed by atoms with Crippen molar-refractivity contribution in [1.29, 1.82) is 0 Å². The van der Waals surface area contributed by atoms with Gasteiger partial charge in [-0.2, -0.15) is 0 Å². The van der Waals surface area contributed by atoms with E-state index in [9.17, 15) is 24.0 Å². The van der Waals surface area contributed by atoms with Crippen LogP contribution in [0.25, 0.3) is 28.2 Å². The smallest absolute Gasteiger partial charge is 0.410 e. The monoisotopic (exact) mass is 717 g/mol. The Morgan fingerprint density at radius 1 is 0.679 bits per heavy atom. The van der Waals surface area contributed by atoms with Crippen molar-refractivity contribution in [2.24, 2.45) is 0 Å². The Balaban J connectivity index is 1.14. The fourth-order valence-electron chi connectivity index (χ4n) is 6.34. The number of carbonyl (C=O) groups is 3. The molecule has 2 aromatic carbocycles. The number of nitrogens with one attached hydrogen (secondary N) is 2. The highest BCUT2D eigenvalue weighted by Gasteiger charge is 2.27. The number of anilines is 1. The number of esters is 2. The van der Waals surface area contributed by atoms with Crippen molar-refractivity contribution < 1.29 is 23.9 Å². The van der Waals surface area contributed by atoms with Gasteiger partial charge in [-0.15, -0.1) is 0 Å². The minimum atomic E-state index is -1.15. The normalized spacial score (nSPS) is 13.2. The Kier molecular flexibility index (Phi) is 10.5. The van der Waals surface area contributed by atoms with Gasteiger partial charge in [0.1, 0.15) is 16.7 Å². The zero-order valence-corrected chi connectivity index (χ0v) is 30.5. The lowest BCUT2D eigenvalue weighted by Crippen LogP contribution is -2.50. The molecule has 1 aliphatic rings. The number of aryl methyl sites for hydroxylation is 2. The highest BCUT2D eigenvalue weighted by Crippen LogP contribution is 2.27. The number of H-pyrrole nitrogens is 2. The predicted molar refractivity (Wildman–Crippen MR) is 203 cm³/mol. The van der Waals surface area contributed by atoms with Crippen molar-refractivity contribution >= 4 is 23.7 Å². The quantitative estimate of drug-likeness (QED) is 0.139. The fraction of sp³-hybridized carbons (Fsp3) is 0.293. The van der Waals surface area contributed by atoms with Crippen LogP contribution in [0.4, 0.5) is 10.5 Å².